The third kappa shape index (κ3) is 4.43. The minimum absolute atomic E-state index is 0.130. The molecule has 1 N–H and O–H groups in total. The first-order chi connectivity index (χ1) is 14.5. The summed E-state index contributed by atoms with van der Waals surface area (Å²) in [5.41, 5.74) is 1.56. The summed E-state index contributed by atoms with van der Waals surface area (Å²) in [7, 11) is 0. The van der Waals surface area contributed by atoms with E-state index in [2.05, 4.69) is 6.92 Å². The van der Waals surface area contributed by atoms with E-state index in [0.29, 0.717) is 18.7 Å². The summed E-state index contributed by atoms with van der Waals surface area (Å²) in [5, 5.41) is 13.0. The van der Waals surface area contributed by atoms with Crippen molar-refractivity contribution in [3.63, 3.8) is 0 Å². The number of unbranched alkanes of at least 4 members (excludes halogenated alkanes) is 2. The zero-order chi connectivity index (χ0) is 21.7. The van der Waals surface area contributed by atoms with E-state index in [4.69, 9.17) is 4.74 Å². The van der Waals surface area contributed by atoms with Gasteiger partial charge in [0.25, 0.3) is 11.7 Å². The van der Waals surface area contributed by atoms with Gasteiger partial charge in [-0.2, -0.15) is 0 Å². The lowest BCUT2D eigenvalue weighted by Gasteiger charge is -2.24. The predicted octanol–water partition coefficient (Wildman–Crippen LogP) is 5.46. The second kappa shape index (κ2) is 9.94. The number of aliphatic hydroxyl groups excluding tert-OH is 1. The van der Waals surface area contributed by atoms with Crippen LogP contribution in [0.4, 0.5) is 0 Å². The monoisotopic (exact) mass is 427 g/mol. The second-order valence-electron chi connectivity index (χ2n) is 7.54. The van der Waals surface area contributed by atoms with Crippen molar-refractivity contribution < 1.29 is 19.4 Å². The summed E-state index contributed by atoms with van der Waals surface area (Å²) in [5.74, 6) is -0.532. The number of likely N-dealkylation sites (tertiary alicyclic amines) is 1. The van der Waals surface area contributed by atoms with Crippen LogP contribution in [-0.2, 0) is 9.59 Å². The van der Waals surface area contributed by atoms with Crippen LogP contribution in [0.3, 0.4) is 0 Å². The quantitative estimate of drug-likeness (QED) is 0.250. The molecule has 1 aliphatic heterocycles. The number of aryl methyl sites for hydroxylation is 1. The molecule has 0 aliphatic carbocycles. The molecule has 0 saturated carbocycles. The molecule has 0 bridgehead atoms. The van der Waals surface area contributed by atoms with E-state index in [0.717, 1.165) is 41.9 Å². The Hall–Kier alpha value is -2.60. The number of ether oxygens (including phenoxy) is 1. The van der Waals surface area contributed by atoms with Crippen LogP contribution in [0.15, 0.2) is 41.3 Å². The smallest absolute Gasteiger partial charge is 0.295 e. The molecule has 1 unspecified atom stereocenters. The summed E-state index contributed by atoms with van der Waals surface area (Å²) < 4.78 is 5.71. The summed E-state index contributed by atoms with van der Waals surface area (Å²) in [6.45, 7) is 7.16. The van der Waals surface area contributed by atoms with E-state index in [1.807, 2.05) is 31.4 Å². The lowest BCUT2D eigenvalue weighted by Crippen LogP contribution is -2.30. The van der Waals surface area contributed by atoms with Crippen LogP contribution in [0.1, 0.15) is 61.6 Å². The molecule has 6 heteroatoms. The molecule has 2 heterocycles. The number of hydrogen-bond acceptors (Lipinski definition) is 5. The topological polar surface area (TPSA) is 66.8 Å². The predicted molar refractivity (Wildman–Crippen MR) is 120 cm³/mol. The minimum atomic E-state index is -0.619. The van der Waals surface area contributed by atoms with Crippen LogP contribution in [0.5, 0.6) is 5.75 Å². The molecule has 1 fully saturated rings. The Labute approximate surface area is 182 Å². The number of benzene rings is 1. The summed E-state index contributed by atoms with van der Waals surface area (Å²) in [6, 6.07) is 8.61. The Morgan fingerprint density at radius 2 is 1.97 bits per heavy atom. The first kappa shape index (κ1) is 22.1. The van der Waals surface area contributed by atoms with Crippen molar-refractivity contribution >= 4 is 28.8 Å². The number of Topliss-reactive ketones (excluding diaryl/α,β-unsaturated/α-hetero) is 1. The van der Waals surface area contributed by atoms with Crippen molar-refractivity contribution in [3.8, 4) is 5.75 Å². The zero-order valence-electron chi connectivity index (χ0n) is 17.8. The standard InChI is InChI=1S/C24H29NO4S/c1-4-6-7-12-25-21(19-9-8-14-30-19)20(23(27)24(25)28)22(26)17-10-11-18(16(3)15-17)29-13-5-2/h8-11,14-15,21,26H,4-7,12-13H2,1-3H3/b22-20-. The lowest BCUT2D eigenvalue weighted by molar-refractivity contribution is -0.139. The molecule has 1 aromatic carbocycles. The number of aliphatic hydroxyl groups is 1. The highest BCUT2D eigenvalue weighted by atomic mass is 32.1. The molecular weight excluding hydrogens is 398 g/mol. The number of ketones is 1. The molecule has 1 amide bonds. The van der Waals surface area contributed by atoms with Gasteiger partial charge in [-0.15, -0.1) is 11.3 Å². The Morgan fingerprint density at radius 3 is 2.60 bits per heavy atom. The van der Waals surface area contributed by atoms with Crippen LogP contribution < -0.4 is 4.74 Å². The van der Waals surface area contributed by atoms with Crippen LogP contribution in [0.2, 0.25) is 0 Å². The number of hydrogen-bond donors (Lipinski definition) is 1. The van der Waals surface area contributed by atoms with Crippen molar-refractivity contribution in [2.75, 3.05) is 13.2 Å². The molecule has 1 aliphatic rings. The SMILES string of the molecule is CCCCCN1C(=O)C(=O)/C(=C(\O)c2ccc(OCCC)c(C)c2)C1c1cccs1. The Kier molecular flexibility index (Phi) is 7.32. The van der Waals surface area contributed by atoms with Gasteiger partial charge in [0, 0.05) is 17.0 Å². The summed E-state index contributed by atoms with van der Waals surface area (Å²) in [4.78, 5) is 28.2. The van der Waals surface area contributed by atoms with E-state index in [1.54, 1.807) is 23.1 Å². The van der Waals surface area contributed by atoms with Gasteiger partial charge in [0.15, 0.2) is 0 Å². The van der Waals surface area contributed by atoms with E-state index in [9.17, 15) is 14.7 Å². The highest BCUT2D eigenvalue weighted by Crippen LogP contribution is 2.41. The first-order valence-corrected chi connectivity index (χ1v) is 11.4. The lowest BCUT2D eigenvalue weighted by atomic mass is 9.98. The maximum Gasteiger partial charge on any atom is 0.295 e. The van der Waals surface area contributed by atoms with Crippen molar-refractivity contribution in [2.45, 2.75) is 52.5 Å². The van der Waals surface area contributed by atoms with Crippen molar-refractivity contribution in [3.05, 3.63) is 57.3 Å². The molecule has 1 aromatic heterocycles. The van der Waals surface area contributed by atoms with Gasteiger partial charge in [0.05, 0.1) is 18.2 Å². The van der Waals surface area contributed by atoms with Crippen LogP contribution in [0, 0.1) is 6.92 Å². The average Bonchev–Trinajstić information content (AvgIpc) is 3.35. The molecule has 0 radical (unpaired) electrons. The Balaban J connectivity index is 2.02. The van der Waals surface area contributed by atoms with E-state index in [1.165, 1.54) is 11.3 Å². The van der Waals surface area contributed by atoms with Crippen molar-refractivity contribution in [1.82, 2.24) is 4.90 Å². The fraction of sp³-hybridized carbons (Fsp3) is 0.417. The summed E-state index contributed by atoms with van der Waals surface area (Å²) in [6.07, 6.45) is 3.75. The zero-order valence-corrected chi connectivity index (χ0v) is 18.6. The fourth-order valence-corrected chi connectivity index (χ4v) is 4.56. The molecule has 160 valence electrons. The van der Waals surface area contributed by atoms with Crippen LogP contribution in [0.25, 0.3) is 5.76 Å². The van der Waals surface area contributed by atoms with Gasteiger partial charge in [0.2, 0.25) is 0 Å². The molecule has 30 heavy (non-hydrogen) atoms. The number of thiophene rings is 1. The largest absolute Gasteiger partial charge is 0.507 e. The number of rotatable bonds is 9. The van der Waals surface area contributed by atoms with Gasteiger partial charge in [-0.25, -0.2) is 0 Å². The molecule has 1 atom stereocenters. The number of nitrogens with zero attached hydrogens (tertiary/aromatic N) is 1. The van der Waals surface area contributed by atoms with Crippen molar-refractivity contribution in [2.24, 2.45) is 0 Å². The van der Waals surface area contributed by atoms with Crippen molar-refractivity contribution in [1.29, 1.82) is 0 Å². The molecular formula is C24H29NO4S. The van der Waals surface area contributed by atoms with Gasteiger partial charge in [0.1, 0.15) is 11.5 Å². The van der Waals surface area contributed by atoms with Crippen LogP contribution >= 0.6 is 11.3 Å². The van der Waals surface area contributed by atoms with Gasteiger partial charge >= 0.3 is 0 Å². The van der Waals surface area contributed by atoms with Gasteiger partial charge in [-0.05, 0) is 55.0 Å². The number of amides is 1. The molecule has 2 aromatic rings. The maximum atomic E-state index is 12.9. The number of carbonyl (C=O) groups is 2. The Bertz CT molecular complexity index is 933. The normalized spacial score (nSPS) is 18.2. The van der Waals surface area contributed by atoms with Gasteiger partial charge in [-0.3, -0.25) is 9.59 Å². The van der Waals surface area contributed by atoms with Gasteiger partial charge in [-0.1, -0.05) is 32.8 Å². The molecule has 5 nitrogen and oxygen atoms in total. The summed E-state index contributed by atoms with van der Waals surface area (Å²) >= 11 is 1.49. The number of carbonyl (C=O) groups excluding carboxylic acids is 2. The fourth-order valence-electron chi connectivity index (χ4n) is 3.71. The highest BCUT2D eigenvalue weighted by Gasteiger charge is 2.46. The van der Waals surface area contributed by atoms with Crippen LogP contribution in [-0.4, -0.2) is 34.8 Å². The first-order valence-electron chi connectivity index (χ1n) is 10.5. The molecule has 1 saturated heterocycles. The average molecular weight is 428 g/mol. The minimum Gasteiger partial charge on any atom is -0.507 e. The third-order valence-corrected chi connectivity index (χ3v) is 6.19. The maximum absolute atomic E-state index is 12.9. The highest BCUT2D eigenvalue weighted by molar-refractivity contribution is 7.10. The third-order valence-electron chi connectivity index (χ3n) is 5.27. The van der Waals surface area contributed by atoms with E-state index >= 15 is 0 Å². The second-order valence-corrected chi connectivity index (χ2v) is 8.52. The molecule has 0 spiro atoms. The van der Waals surface area contributed by atoms with Gasteiger partial charge < -0.3 is 14.7 Å². The van der Waals surface area contributed by atoms with E-state index < -0.39 is 17.7 Å². The van der Waals surface area contributed by atoms with E-state index in [-0.39, 0.29) is 11.3 Å². The Morgan fingerprint density at radius 1 is 1.17 bits per heavy atom. The molecule has 3 rings (SSSR count).